The highest BCUT2D eigenvalue weighted by Crippen LogP contribution is 2.30. The Morgan fingerprint density at radius 3 is 2.25 bits per heavy atom. The topological polar surface area (TPSA) is 64.6 Å². The average molecular weight is 375 g/mol. The first-order valence-electron chi connectivity index (χ1n) is 9.29. The summed E-state index contributed by atoms with van der Waals surface area (Å²) >= 11 is 0. The molecule has 1 amide bonds. The molecule has 6 heteroatoms. The number of carbonyl (C=O) groups excluding carboxylic acids is 1. The van der Waals surface area contributed by atoms with Crippen molar-refractivity contribution in [3.8, 4) is 28.6 Å². The maximum Gasteiger partial charge on any atom is 0.253 e. The van der Waals surface area contributed by atoms with Gasteiger partial charge in [-0.3, -0.25) is 4.79 Å². The number of rotatable bonds is 5. The van der Waals surface area contributed by atoms with Gasteiger partial charge in [-0.1, -0.05) is 24.3 Å². The average Bonchev–Trinajstić information content (AvgIpc) is 3.29. The molecule has 0 saturated carbocycles. The Kier molecular flexibility index (Phi) is 5.19. The summed E-state index contributed by atoms with van der Waals surface area (Å²) in [4.78, 5) is 14.3. The molecule has 142 valence electrons. The molecule has 0 bridgehead atoms. The van der Waals surface area contributed by atoms with Crippen LogP contribution in [0.15, 0.2) is 60.7 Å². The van der Waals surface area contributed by atoms with E-state index in [4.69, 9.17) is 9.47 Å². The summed E-state index contributed by atoms with van der Waals surface area (Å²) in [7, 11) is 1.59. The van der Waals surface area contributed by atoms with Crippen molar-refractivity contribution in [2.45, 2.75) is 12.8 Å². The zero-order valence-electron chi connectivity index (χ0n) is 15.7. The Balaban J connectivity index is 1.47. The Morgan fingerprint density at radius 2 is 1.61 bits per heavy atom. The summed E-state index contributed by atoms with van der Waals surface area (Å²) in [6.45, 7) is 1.69. The second-order valence-corrected chi connectivity index (χ2v) is 6.59. The number of methoxy groups -OCH3 is 1. The third-order valence-electron chi connectivity index (χ3n) is 4.74. The first kappa shape index (κ1) is 18.0. The van der Waals surface area contributed by atoms with E-state index in [2.05, 4.69) is 10.2 Å². The van der Waals surface area contributed by atoms with Crippen molar-refractivity contribution in [1.29, 1.82) is 0 Å². The fraction of sp³-hybridized carbons (Fsp3) is 0.227. The second kappa shape index (κ2) is 8.08. The molecule has 1 saturated heterocycles. The Labute approximate surface area is 163 Å². The highest BCUT2D eigenvalue weighted by molar-refractivity contribution is 5.94. The van der Waals surface area contributed by atoms with Gasteiger partial charge in [0.15, 0.2) is 11.5 Å². The van der Waals surface area contributed by atoms with Crippen LogP contribution in [0, 0.1) is 0 Å². The highest BCUT2D eigenvalue weighted by Gasteiger charge is 2.19. The van der Waals surface area contributed by atoms with E-state index >= 15 is 0 Å². The normalized spacial score (nSPS) is 13.4. The lowest BCUT2D eigenvalue weighted by molar-refractivity contribution is 0.0793. The monoisotopic (exact) mass is 375 g/mol. The maximum absolute atomic E-state index is 12.4. The van der Waals surface area contributed by atoms with Gasteiger partial charge in [0.05, 0.1) is 12.8 Å². The van der Waals surface area contributed by atoms with Crippen LogP contribution in [0.4, 0.5) is 0 Å². The van der Waals surface area contributed by atoms with Crippen molar-refractivity contribution in [3.05, 3.63) is 66.2 Å². The Bertz CT molecular complexity index is 950. The summed E-state index contributed by atoms with van der Waals surface area (Å²) in [5.41, 5.74) is 2.32. The van der Waals surface area contributed by atoms with Gasteiger partial charge < -0.3 is 14.4 Å². The number of hydrogen-bond acceptors (Lipinski definition) is 5. The first-order valence-corrected chi connectivity index (χ1v) is 9.29. The van der Waals surface area contributed by atoms with E-state index in [1.54, 1.807) is 13.2 Å². The molecule has 1 aliphatic heterocycles. The smallest absolute Gasteiger partial charge is 0.253 e. The lowest BCUT2D eigenvalue weighted by Gasteiger charge is -2.15. The summed E-state index contributed by atoms with van der Waals surface area (Å²) in [6.07, 6.45) is 2.17. The largest absolute Gasteiger partial charge is 0.493 e. The van der Waals surface area contributed by atoms with Gasteiger partial charge in [0.25, 0.3) is 5.91 Å². The van der Waals surface area contributed by atoms with Crippen LogP contribution in [0.3, 0.4) is 0 Å². The van der Waals surface area contributed by atoms with Crippen LogP contribution in [0.2, 0.25) is 0 Å². The summed E-state index contributed by atoms with van der Waals surface area (Å²) in [5.74, 6) is 1.69. The molecule has 0 aliphatic carbocycles. The van der Waals surface area contributed by atoms with E-state index in [-0.39, 0.29) is 5.91 Å². The fourth-order valence-corrected chi connectivity index (χ4v) is 3.23. The van der Waals surface area contributed by atoms with E-state index in [9.17, 15) is 4.79 Å². The molecule has 3 aromatic rings. The van der Waals surface area contributed by atoms with Gasteiger partial charge in [-0.25, -0.2) is 0 Å². The van der Waals surface area contributed by atoms with Gasteiger partial charge in [0.2, 0.25) is 5.88 Å². The number of aromatic nitrogens is 2. The molecule has 0 atom stereocenters. The van der Waals surface area contributed by atoms with Crippen molar-refractivity contribution in [2.24, 2.45) is 0 Å². The van der Waals surface area contributed by atoms with Crippen LogP contribution in [0.25, 0.3) is 11.3 Å². The lowest BCUT2D eigenvalue weighted by Crippen LogP contribution is -2.27. The molecular formula is C22H21N3O3. The summed E-state index contributed by atoms with van der Waals surface area (Å²) in [6, 6.07) is 18.5. The zero-order valence-corrected chi connectivity index (χ0v) is 15.7. The van der Waals surface area contributed by atoms with Crippen LogP contribution in [0.5, 0.6) is 17.4 Å². The number of likely N-dealkylation sites (tertiary alicyclic amines) is 1. The number of ether oxygens (including phenoxy) is 2. The molecule has 0 spiro atoms. The van der Waals surface area contributed by atoms with E-state index in [1.165, 1.54) is 0 Å². The lowest BCUT2D eigenvalue weighted by atomic mass is 10.1. The molecule has 28 heavy (non-hydrogen) atoms. The summed E-state index contributed by atoms with van der Waals surface area (Å²) in [5, 5.41) is 8.38. The maximum atomic E-state index is 12.4. The number of hydrogen-bond donors (Lipinski definition) is 0. The second-order valence-electron chi connectivity index (χ2n) is 6.59. The molecule has 0 unspecified atom stereocenters. The standard InChI is InChI=1S/C22H21N3O3/c1-27-19-6-2-3-7-20(19)28-21-13-12-18(23-24-21)16-8-10-17(11-9-16)22(26)25-14-4-5-15-25/h2-3,6-13H,4-5,14-15H2,1H3. The predicted octanol–water partition coefficient (Wildman–Crippen LogP) is 4.18. The van der Waals surface area contributed by atoms with Gasteiger partial charge in [0.1, 0.15) is 0 Å². The molecular weight excluding hydrogens is 354 g/mol. The van der Waals surface area contributed by atoms with E-state index in [0.717, 1.165) is 31.5 Å². The minimum Gasteiger partial charge on any atom is -0.493 e. The number of carbonyl (C=O) groups is 1. The van der Waals surface area contributed by atoms with Gasteiger partial charge in [-0.2, -0.15) is 0 Å². The minimum atomic E-state index is 0.0932. The van der Waals surface area contributed by atoms with Crippen molar-refractivity contribution in [1.82, 2.24) is 15.1 Å². The van der Waals surface area contributed by atoms with Crippen LogP contribution < -0.4 is 9.47 Å². The van der Waals surface area contributed by atoms with Crippen molar-refractivity contribution < 1.29 is 14.3 Å². The van der Waals surface area contributed by atoms with Crippen molar-refractivity contribution in [3.63, 3.8) is 0 Å². The van der Waals surface area contributed by atoms with Gasteiger partial charge in [0, 0.05) is 30.3 Å². The molecule has 0 radical (unpaired) electrons. The third kappa shape index (κ3) is 3.81. The van der Waals surface area contributed by atoms with Gasteiger partial charge in [-0.15, -0.1) is 10.2 Å². The van der Waals surface area contributed by atoms with Crippen molar-refractivity contribution >= 4 is 5.91 Å². The van der Waals surface area contributed by atoms with E-state index in [0.29, 0.717) is 28.6 Å². The number of para-hydroxylation sites is 2. The number of nitrogens with zero attached hydrogens (tertiary/aromatic N) is 3. The fourth-order valence-electron chi connectivity index (χ4n) is 3.23. The molecule has 6 nitrogen and oxygen atoms in total. The number of amides is 1. The van der Waals surface area contributed by atoms with E-state index in [1.807, 2.05) is 59.5 Å². The van der Waals surface area contributed by atoms with Crippen LogP contribution in [-0.4, -0.2) is 41.2 Å². The zero-order chi connectivity index (χ0) is 19.3. The molecule has 1 aromatic heterocycles. The minimum absolute atomic E-state index is 0.0932. The van der Waals surface area contributed by atoms with Crippen LogP contribution >= 0.6 is 0 Å². The van der Waals surface area contributed by atoms with Crippen molar-refractivity contribution in [2.75, 3.05) is 20.2 Å². The number of benzene rings is 2. The van der Waals surface area contributed by atoms with Gasteiger partial charge in [-0.05, 0) is 43.2 Å². The van der Waals surface area contributed by atoms with Crippen LogP contribution in [-0.2, 0) is 0 Å². The SMILES string of the molecule is COc1ccccc1Oc1ccc(-c2ccc(C(=O)N3CCCC3)cc2)nn1. The molecule has 2 heterocycles. The Hall–Kier alpha value is -3.41. The molecule has 1 aliphatic rings. The van der Waals surface area contributed by atoms with Gasteiger partial charge >= 0.3 is 0 Å². The highest BCUT2D eigenvalue weighted by atomic mass is 16.5. The molecule has 1 fully saturated rings. The third-order valence-corrected chi connectivity index (χ3v) is 4.74. The Morgan fingerprint density at radius 1 is 0.893 bits per heavy atom. The van der Waals surface area contributed by atoms with Crippen LogP contribution in [0.1, 0.15) is 23.2 Å². The molecule has 2 aromatic carbocycles. The molecule has 4 rings (SSSR count). The summed E-state index contributed by atoms with van der Waals surface area (Å²) < 4.78 is 11.0. The predicted molar refractivity (Wildman–Crippen MR) is 106 cm³/mol. The quantitative estimate of drug-likeness (QED) is 0.669. The van der Waals surface area contributed by atoms with E-state index < -0.39 is 0 Å². The molecule has 0 N–H and O–H groups in total. The first-order chi connectivity index (χ1) is 13.7.